The molecule has 0 amide bonds. The van der Waals surface area contributed by atoms with Crippen molar-refractivity contribution in [2.24, 2.45) is 16.7 Å². The smallest absolute Gasteiger partial charge is 0.306 e. The first-order chi connectivity index (χ1) is 9.57. The summed E-state index contributed by atoms with van der Waals surface area (Å²) in [6, 6.07) is 0. The van der Waals surface area contributed by atoms with Crippen molar-refractivity contribution in [3.05, 3.63) is 12.7 Å². The molecule has 2 saturated carbocycles. The molecule has 1 aliphatic heterocycles. The molecule has 4 heteroatoms. The first kappa shape index (κ1) is 14.1. The number of carbonyl (C=O) groups is 1. The highest BCUT2D eigenvalue weighted by molar-refractivity contribution is 5.72. The third kappa shape index (κ3) is 1.70. The molecule has 0 bridgehead atoms. The fourth-order valence-corrected chi connectivity index (χ4v) is 5.00. The van der Waals surface area contributed by atoms with Gasteiger partial charge in [0, 0.05) is 18.4 Å². The number of esters is 1. The third-order valence-corrected chi connectivity index (χ3v) is 6.03. The summed E-state index contributed by atoms with van der Waals surface area (Å²) < 4.78 is 16.6. The molecular formula is C16H24O4. The summed E-state index contributed by atoms with van der Waals surface area (Å²) in [6.07, 6.45) is 6.88. The molecule has 1 heterocycles. The maximum Gasteiger partial charge on any atom is 0.306 e. The zero-order chi connectivity index (χ0) is 14.4. The minimum atomic E-state index is -0.0974. The number of methoxy groups -OCH3 is 1. The Morgan fingerprint density at radius 1 is 1.55 bits per heavy atom. The maximum absolute atomic E-state index is 11.6. The maximum atomic E-state index is 11.6. The van der Waals surface area contributed by atoms with Crippen LogP contribution in [0.1, 0.15) is 39.0 Å². The van der Waals surface area contributed by atoms with Crippen molar-refractivity contribution in [1.82, 2.24) is 0 Å². The van der Waals surface area contributed by atoms with E-state index in [1.165, 1.54) is 0 Å². The van der Waals surface area contributed by atoms with Gasteiger partial charge in [-0.15, -0.1) is 6.58 Å². The van der Waals surface area contributed by atoms with Gasteiger partial charge in [0.05, 0.1) is 12.5 Å². The summed E-state index contributed by atoms with van der Waals surface area (Å²) in [5, 5.41) is 0. The molecule has 3 fully saturated rings. The summed E-state index contributed by atoms with van der Waals surface area (Å²) in [4.78, 5) is 11.6. The van der Waals surface area contributed by atoms with Crippen molar-refractivity contribution in [1.29, 1.82) is 0 Å². The molecular weight excluding hydrogens is 256 g/mol. The third-order valence-electron chi connectivity index (χ3n) is 6.03. The average Bonchev–Trinajstić information content (AvgIpc) is 2.90. The summed E-state index contributed by atoms with van der Waals surface area (Å²) in [5.74, 6) is 0.265. The van der Waals surface area contributed by atoms with Crippen molar-refractivity contribution in [2.75, 3.05) is 13.9 Å². The first-order valence-corrected chi connectivity index (χ1v) is 7.51. The minimum Gasteiger partial charge on any atom is -0.462 e. The zero-order valence-electron chi connectivity index (χ0n) is 12.4. The highest BCUT2D eigenvalue weighted by atomic mass is 16.7. The molecule has 0 unspecified atom stereocenters. The van der Waals surface area contributed by atoms with Crippen LogP contribution in [0.3, 0.4) is 0 Å². The van der Waals surface area contributed by atoms with E-state index in [9.17, 15) is 4.79 Å². The average molecular weight is 280 g/mol. The normalized spacial score (nSPS) is 46.7. The van der Waals surface area contributed by atoms with E-state index in [-0.39, 0.29) is 29.0 Å². The monoisotopic (exact) mass is 280 g/mol. The van der Waals surface area contributed by atoms with Gasteiger partial charge < -0.3 is 14.2 Å². The van der Waals surface area contributed by atoms with Gasteiger partial charge in [0.2, 0.25) is 0 Å². The lowest BCUT2D eigenvalue weighted by atomic mass is 9.54. The van der Waals surface area contributed by atoms with Crippen LogP contribution >= 0.6 is 0 Å². The van der Waals surface area contributed by atoms with Crippen molar-refractivity contribution < 1.29 is 19.0 Å². The highest BCUT2D eigenvalue weighted by Crippen LogP contribution is 2.67. The standard InChI is InChI=1S/C16H24O4/c1-4-16-9-12-11(8-14(17)20-12)15(16,2)7-5-6-13(16)19-10-18-3/h4,11-13H,1,5-10H2,2-3H3/t11-,12-,13-,15+,16-/m0/s1. The van der Waals surface area contributed by atoms with Gasteiger partial charge in [-0.3, -0.25) is 4.79 Å². The van der Waals surface area contributed by atoms with Gasteiger partial charge in [-0.2, -0.15) is 0 Å². The summed E-state index contributed by atoms with van der Waals surface area (Å²) >= 11 is 0. The van der Waals surface area contributed by atoms with Crippen molar-refractivity contribution in [2.45, 2.75) is 51.2 Å². The first-order valence-electron chi connectivity index (χ1n) is 7.51. The lowest BCUT2D eigenvalue weighted by molar-refractivity contribution is -0.158. The molecule has 4 nitrogen and oxygen atoms in total. The topological polar surface area (TPSA) is 44.8 Å². The van der Waals surface area contributed by atoms with Crippen LogP contribution in [0.4, 0.5) is 0 Å². The molecule has 2 aliphatic carbocycles. The number of hydrogen-bond acceptors (Lipinski definition) is 4. The Bertz CT molecular complexity index is 421. The largest absolute Gasteiger partial charge is 0.462 e. The molecule has 3 aliphatic rings. The van der Waals surface area contributed by atoms with Crippen LogP contribution in [0.25, 0.3) is 0 Å². The Kier molecular flexibility index (Phi) is 3.41. The second-order valence-corrected chi connectivity index (χ2v) is 6.66. The Morgan fingerprint density at radius 2 is 2.35 bits per heavy atom. The molecule has 1 saturated heterocycles. The van der Waals surface area contributed by atoms with Gasteiger partial charge in [-0.1, -0.05) is 19.4 Å². The number of hydrogen-bond donors (Lipinski definition) is 0. The number of rotatable bonds is 4. The molecule has 0 radical (unpaired) electrons. The van der Waals surface area contributed by atoms with Crippen LogP contribution in [-0.2, 0) is 19.0 Å². The Labute approximate surface area is 120 Å². The quantitative estimate of drug-likeness (QED) is 0.451. The van der Waals surface area contributed by atoms with Crippen LogP contribution in [0.5, 0.6) is 0 Å². The van der Waals surface area contributed by atoms with E-state index in [0.29, 0.717) is 19.1 Å². The van der Waals surface area contributed by atoms with Gasteiger partial charge in [0.15, 0.2) is 0 Å². The molecule has 0 N–H and O–H groups in total. The Balaban J connectivity index is 1.93. The van der Waals surface area contributed by atoms with Crippen LogP contribution < -0.4 is 0 Å². The number of ether oxygens (including phenoxy) is 3. The molecule has 0 spiro atoms. The van der Waals surface area contributed by atoms with Crippen LogP contribution in [0.15, 0.2) is 12.7 Å². The SMILES string of the molecule is C=C[C@@]12C[C@@H]3OC(=O)C[C@@H]3[C@@]1(C)CCC[C@@H]2OCOC. The second-order valence-electron chi connectivity index (χ2n) is 6.66. The van der Waals surface area contributed by atoms with Gasteiger partial charge in [0.1, 0.15) is 12.9 Å². The number of fused-ring (bicyclic) bond motifs is 3. The van der Waals surface area contributed by atoms with Gasteiger partial charge in [-0.25, -0.2) is 0 Å². The van der Waals surface area contributed by atoms with Gasteiger partial charge in [-0.05, 0) is 24.7 Å². The molecule has 20 heavy (non-hydrogen) atoms. The predicted octanol–water partition coefficient (Wildman–Crippen LogP) is 2.67. The second kappa shape index (κ2) is 4.85. The van der Waals surface area contributed by atoms with E-state index in [4.69, 9.17) is 14.2 Å². The van der Waals surface area contributed by atoms with Crippen molar-refractivity contribution in [3.8, 4) is 0 Å². The van der Waals surface area contributed by atoms with E-state index < -0.39 is 0 Å². The van der Waals surface area contributed by atoms with E-state index >= 15 is 0 Å². The predicted molar refractivity (Wildman–Crippen MR) is 73.9 cm³/mol. The van der Waals surface area contributed by atoms with Gasteiger partial charge >= 0.3 is 5.97 Å². The molecule has 112 valence electrons. The molecule has 0 aromatic heterocycles. The Hall–Kier alpha value is -0.870. The summed E-state index contributed by atoms with van der Waals surface area (Å²) in [5.41, 5.74) is -0.0535. The van der Waals surface area contributed by atoms with Crippen molar-refractivity contribution in [3.63, 3.8) is 0 Å². The van der Waals surface area contributed by atoms with E-state index in [1.54, 1.807) is 7.11 Å². The number of carbonyl (C=O) groups excluding carboxylic acids is 1. The summed E-state index contributed by atoms with van der Waals surface area (Å²) in [7, 11) is 1.65. The zero-order valence-corrected chi connectivity index (χ0v) is 12.4. The lowest BCUT2D eigenvalue weighted by Gasteiger charge is -2.52. The lowest BCUT2D eigenvalue weighted by Crippen LogP contribution is -2.50. The molecule has 5 atom stereocenters. The summed E-state index contributed by atoms with van der Waals surface area (Å²) in [6.45, 7) is 6.71. The van der Waals surface area contributed by atoms with Crippen LogP contribution in [0.2, 0.25) is 0 Å². The van der Waals surface area contributed by atoms with E-state index in [0.717, 1.165) is 25.7 Å². The van der Waals surface area contributed by atoms with Crippen LogP contribution in [-0.4, -0.2) is 32.1 Å². The Morgan fingerprint density at radius 3 is 3.05 bits per heavy atom. The van der Waals surface area contributed by atoms with Crippen LogP contribution in [0, 0.1) is 16.7 Å². The van der Waals surface area contributed by atoms with E-state index in [2.05, 4.69) is 19.6 Å². The minimum absolute atomic E-state index is 0.0391. The molecule has 3 rings (SSSR count). The fourth-order valence-electron chi connectivity index (χ4n) is 5.00. The van der Waals surface area contributed by atoms with Gasteiger partial charge in [0.25, 0.3) is 0 Å². The molecule has 0 aromatic rings. The van der Waals surface area contributed by atoms with E-state index in [1.807, 2.05) is 0 Å². The highest BCUT2D eigenvalue weighted by Gasteiger charge is 2.67. The fraction of sp³-hybridized carbons (Fsp3) is 0.812. The van der Waals surface area contributed by atoms with Crippen molar-refractivity contribution >= 4 is 5.97 Å². The molecule has 0 aromatic carbocycles.